The lowest BCUT2D eigenvalue weighted by Crippen LogP contribution is -2.13. The van der Waals surface area contributed by atoms with Gasteiger partial charge in [0.2, 0.25) is 5.82 Å². The number of hydrogen-bond acceptors (Lipinski definition) is 3. The van der Waals surface area contributed by atoms with E-state index in [1.165, 1.54) is 18.2 Å². The number of aromatic nitrogens is 2. The number of halogens is 5. The number of alkyl halides is 3. The second-order valence-corrected chi connectivity index (χ2v) is 4.27. The van der Waals surface area contributed by atoms with Gasteiger partial charge in [-0.15, -0.1) is 0 Å². The zero-order valence-corrected chi connectivity index (χ0v) is 10.6. The summed E-state index contributed by atoms with van der Waals surface area (Å²) in [5.74, 6) is -1.84. The van der Waals surface area contributed by atoms with E-state index in [0.29, 0.717) is 5.56 Å². The summed E-state index contributed by atoms with van der Waals surface area (Å²) in [5, 5.41) is 2.31. The summed E-state index contributed by atoms with van der Waals surface area (Å²) < 4.78 is 50.5. The standard InChI is InChI=1S/C12H8ClF4N3/c13-9-5-10(20-11(19-9)12(15,16)17)18-6-7-2-1-3-8(14)4-7/h1-5H,6H2,(H,18,19,20). The second kappa shape index (κ2) is 5.62. The molecule has 0 aliphatic heterocycles. The van der Waals surface area contributed by atoms with Crippen molar-refractivity contribution in [3.63, 3.8) is 0 Å². The van der Waals surface area contributed by atoms with Crippen molar-refractivity contribution in [2.75, 3.05) is 5.32 Å². The van der Waals surface area contributed by atoms with Crippen LogP contribution in [0.1, 0.15) is 11.4 Å². The van der Waals surface area contributed by atoms with Gasteiger partial charge in [-0.3, -0.25) is 0 Å². The van der Waals surface area contributed by atoms with Gasteiger partial charge in [0, 0.05) is 12.6 Å². The zero-order chi connectivity index (χ0) is 14.8. The number of benzene rings is 1. The molecule has 0 aliphatic carbocycles. The molecule has 8 heteroatoms. The Hall–Kier alpha value is -1.89. The molecule has 0 fully saturated rings. The minimum atomic E-state index is -4.68. The van der Waals surface area contributed by atoms with Crippen LogP contribution in [0.5, 0.6) is 0 Å². The molecule has 0 bridgehead atoms. The summed E-state index contributed by atoms with van der Waals surface area (Å²) in [4.78, 5) is 6.42. The van der Waals surface area contributed by atoms with Gasteiger partial charge in [-0.05, 0) is 17.7 Å². The van der Waals surface area contributed by atoms with E-state index in [0.717, 1.165) is 6.07 Å². The van der Waals surface area contributed by atoms with Gasteiger partial charge >= 0.3 is 6.18 Å². The molecule has 0 unspecified atom stereocenters. The lowest BCUT2D eigenvalue weighted by atomic mass is 10.2. The summed E-state index contributed by atoms with van der Waals surface area (Å²) in [5.41, 5.74) is 0.563. The maximum Gasteiger partial charge on any atom is 0.451 e. The maximum absolute atomic E-state index is 13.0. The molecule has 0 amide bonds. The SMILES string of the molecule is Fc1cccc(CNc2cc(Cl)nc(C(F)(F)F)n2)c1. The highest BCUT2D eigenvalue weighted by molar-refractivity contribution is 6.29. The van der Waals surface area contributed by atoms with Gasteiger partial charge in [0.05, 0.1) is 0 Å². The van der Waals surface area contributed by atoms with Crippen LogP contribution in [0.15, 0.2) is 30.3 Å². The van der Waals surface area contributed by atoms with Gasteiger partial charge in [-0.1, -0.05) is 23.7 Å². The third-order valence-electron chi connectivity index (χ3n) is 2.31. The van der Waals surface area contributed by atoms with E-state index in [-0.39, 0.29) is 17.5 Å². The first kappa shape index (κ1) is 14.5. The molecule has 2 rings (SSSR count). The molecule has 2 aromatic rings. The molecule has 0 saturated heterocycles. The Kier molecular flexibility index (Phi) is 4.08. The van der Waals surface area contributed by atoms with Gasteiger partial charge in [-0.25, -0.2) is 14.4 Å². The predicted molar refractivity (Wildman–Crippen MR) is 65.8 cm³/mol. The highest BCUT2D eigenvalue weighted by Gasteiger charge is 2.35. The third-order valence-corrected chi connectivity index (χ3v) is 2.50. The van der Waals surface area contributed by atoms with Gasteiger partial charge in [-0.2, -0.15) is 13.2 Å². The molecular weight excluding hydrogens is 298 g/mol. The number of anilines is 1. The van der Waals surface area contributed by atoms with Crippen LogP contribution in [-0.2, 0) is 12.7 Å². The minimum absolute atomic E-state index is 0.0819. The molecule has 20 heavy (non-hydrogen) atoms. The molecule has 1 aromatic heterocycles. The lowest BCUT2D eigenvalue weighted by molar-refractivity contribution is -0.144. The van der Waals surface area contributed by atoms with Gasteiger partial charge in [0.25, 0.3) is 0 Å². The van der Waals surface area contributed by atoms with E-state index in [1.54, 1.807) is 6.07 Å². The Morgan fingerprint density at radius 1 is 1.15 bits per heavy atom. The number of nitrogens with zero attached hydrogens (tertiary/aromatic N) is 2. The van der Waals surface area contributed by atoms with Crippen molar-refractivity contribution in [3.8, 4) is 0 Å². The Bertz CT molecular complexity index is 616. The average Bonchev–Trinajstić information content (AvgIpc) is 2.35. The smallest absolute Gasteiger partial charge is 0.366 e. The fourth-order valence-electron chi connectivity index (χ4n) is 1.47. The summed E-state index contributed by atoms with van der Waals surface area (Å²) >= 11 is 5.51. The molecule has 106 valence electrons. The summed E-state index contributed by atoms with van der Waals surface area (Å²) in [6.45, 7) is 0.113. The van der Waals surface area contributed by atoms with Gasteiger partial charge < -0.3 is 5.32 Å². The first-order chi connectivity index (χ1) is 9.34. The van der Waals surface area contributed by atoms with Crippen molar-refractivity contribution in [1.82, 2.24) is 9.97 Å². The van der Waals surface area contributed by atoms with Crippen LogP contribution in [-0.4, -0.2) is 9.97 Å². The molecule has 0 aliphatic rings. The van der Waals surface area contributed by atoms with Crippen molar-refractivity contribution in [1.29, 1.82) is 0 Å². The Balaban J connectivity index is 2.16. The molecule has 0 atom stereocenters. The molecule has 1 aromatic carbocycles. The van der Waals surface area contributed by atoms with Crippen LogP contribution in [0.25, 0.3) is 0 Å². The minimum Gasteiger partial charge on any atom is -0.366 e. The van der Waals surface area contributed by atoms with Crippen molar-refractivity contribution in [2.45, 2.75) is 12.7 Å². The highest BCUT2D eigenvalue weighted by atomic mass is 35.5. The number of nitrogens with one attached hydrogen (secondary N) is 1. The van der Waals surface area contributed by atoms with E-state index in [4.69, 9.17) is 11.6 Å². The monoisotopic (exact) mass is 305 g/mol. The van der Waals surface area contributed by atoms with Crippen molar-refractivity contribution >= 4 is 17.4 Å². The van der Waals surface area contributed by atoms with Crippen LogP contribution in [0.3, 0.4) is 0 Å². The topological polar surface area (TPSA) is 37.8 Å². The molecule has 0 saturated carbocycles. The van der Waals surface area contributed by atoms with E-state index < -0.39 is 17.8 Å². The first-order valence-electron chi connectivity index (χ1n) is 5.45. The average molecular weight is 306 g/mol. The number of hydrogen-bond donors (Lipinski definition) is 1. The Morgan fingerprint density at radius 2 is 1.90 bits per heavy atom. The van der Waals surface area contributed by atoms with Crippen molar-refractivity contribution in [3.05, 3.63) is 52.7 Å². The van der Waals surface area contributed by atoms with Crippen LogP contribution in [0.4, 0.5) is 23.4 Å². The Morgan fingerprint density at radius 3 is 2.55 bits per heavy atom. The highest BCUT2D eigenvalue weighted by Crippen LogP contribution is 2.28. The largest absolute Gasteiger partial charge is 0.451 e. The van der Waals surface area contributed by atoms with Crippen molar-refractivity contribution < 1.29 is 17.6 Å². The zero-order valence-electron chi connectivity index (χ0n) is 9.88. The van der Waals surface area contributed by atoms with Crippen LogP contribution in [0.2, 0.25) is 5.15 Å². The number of rotatable bonds is 3. The van der Waals surface area contributed by atoms with Gasteiger partial charge in [0.15, 0.2) is 0 Å². The molecule has 3 nitrogen and oxygen atoms in total. The Labute approximate surface area is 116 Å². The summed E-state index contributed by atoms with van der Waals surface area (Å²) in [6.07, 6.45) is -4.68. The van der Waals surface area contributed by atoms with Crippen molar-refractivity contribution in [2.24, 2.45) is 0 Å². The molecule has 0 spiro atoms. The summed E-state index contributed by atoms with van der Waals surface area (Å²) in [7, 11) is 0. The quantitative estimate of drug-likeness (QED) is 0.690. The third kappa shape index (κ3) is 3.80. The molecular formula is C12H8ClF4N3. The van der Waals surface area contributed by atoms with E-state index in [9.17, 15) is 17.6 Å². The van der Waals surface area contributed by atoms with E-state index >= 15 is 0 Å². The molecule has 1 N–H and O–H groups in total. The lowest BCUT2D eigenvalue weighted by Gasteiger charge is -2.09. The predicted octanol–water partition coefficient (Wildman–Crippen LogP) is 3.90. The van der Waals surface area contributed by atoms with Gasteiger partial charge in [0.1, 0.15) is 16.8 Å². The first-order valence-corrected chi connectivity index (χ1v) is 5.82. The summed E-state index contributed by atoms with van der Waals surface area (Å²) in [6, 6.07) is 6.83. The maximum atomic E-state index is 13.0. The fraction of sp³-hybridized carbons (Fsp3) is 0.167. The second-order valence-electron chi connectivity index (χ2n) is 3.88. The van der Waals surface area contributed by atoms with E-state index in [2.05, 4.69) is 15.3 Å². The van der Waals surface area contributed by atoms with Crippen LogP contribution < -0.4 is 5.32 Å². The van der Waals surface area contributed by atoms with Crippen LogP contribution >= 0.6 is 11.6 Å². The normalized spacial score (nSPS) is 11.4. The van der Waals surface area contributed by atoms with E-state index in [1.807, 2.05) is 0 Å². The molecule has 1 heterocycles. The molecule has 0 radical (unpaired) electrons. The van der Waals surface area contributed by atoms with Crippen LogP contribution in [0, 0.1) is 5.82 Å². The fourth-order valence-corrected chi connectivity index (χ4v) is 1.66.